The average Bonchev–Trinajstić information content (AvgIpc) is 3.09. The van der Waals surface area contributed by atoms with Crippen LogP contribution in [0, 0.1) is 0 Å². The first-order chi connectivity index (χ1) is 15.6. The third-order valence-corrected chi connectivity index (χ3v) is 5.35. The van der Waals surface area contributed by atoms with Crippen molar-refractivity contribution in [3.05, 3.63) is 95.6 Å². The first-order valence-electron chi connectivity index (χ1n) is 10.2. The van der Waals surface area contributed by atoms with E-state index in [2.05, 4.69) is 10.6 Å². The molecule has 1 heterocycles. The number of methoxy groups -OCH3 is 1. The Labute approximate surface area is 186 Å². The summed E-state index contributed by atoms with van der Waals surface area (Å²) in [5.74, 6) is -1.34. The molecule has 3 amide bonds. The summed E-state index contributed by atoms with van der Waals surface area (Å²) in [4.78, 5) is 39.8. The van der Waals surface area contributed by atoms with Crippen LogP contribution in [0.25, 0.3) is 0 Å². The molecule has 0 bridgehead atoms. The first kappa shape index (κ1) is 21.1. The highest BCUT2D eigenvalue weighted by atomic mass is 16.5. The van der Waals surface area contributed by atoms with Gasteiger partial charge in [-0.3, -0.25) is 14.4 Å². The third-order valence-electron chi connectivity index (χ3n) is 5.35. The van der Waals surface area contributed by atoms with E-state index in [1.54, 1.807) is 29.2 Å². The van der Waals surface area contributed by atoms with E-state index < -0.39 is 17.9 Å². The fourth-order valence-electron chi connectivity index (χ4n) is 3.76. The van der Waals surface area contributed by atoms with Crippen molar-refractivity contribution in [3.63, 3.8) is 0 Å². The van der Waals surface area contributed by atoms with Crippen molar-refractivity contribution in [1.82, 2.24) is 10.6 Å². The smallest absolute Gasteiger partial charge is 0.310 e. The molecule has 0 saturated carbocycles. The highest BCUT2D eigenvalue weighted by Crippen LogP contribution is 2.36. The zero-order valence-corrected chi connectivity index (χ0v) is 17.6. The Morgan fingerprint density at radius 2 is 1.59 bits per heavy atom. The van der Waals surface area contributed by atoms with Crippen molar-refractivity contribution >= 4 is 23.4 Å². The Balaban J connectivity index is 1.45. The standard InChI is InChI=1S/C25H23N3O4/c1-32-21-14-8-5-11-18(21)15-26-23(29)24(30)27-22-19-12-6-7-13-20(19)28(25(22)31)16-17-9-3-2-4-10-17/h2-14,22H,15-16H2,1H3,(H,26,29)(H,27,30)/t22-/m0/s1. The van der Waals surface area contributed by atoms with Gasteiger partial charge < -0.3 is 20.3 Å². The van der Waals surface area contributed by atoms with Crippen LogP contribution in [0.5, 0.6) is 5.75 Å². The van der Waals surface area contributed by atoms with Gasteiger partial charge in [-0.25, -0.2) is 0 Å². The van der Waals surface area contributed by atoms with Gasteiger partial charge in [0.25, 0.3) is 5.91 Å². The molecule has 1 aliphatic heterocycles. The maximum absolute atomic E-state index is 13.2. The predicted molar refractivity (Wildman–Crippen MR) is 120 cm³/mol. The minimum Gasteiger partial charge on any atom is -0.496 e. The number of para-hydroxylation sites is 2. The maximum atomic E-state index is 13.2. The van der Waals surface area contributed by atoms with Gasteiger partial charge in [-0.1, -0.05) is 66.7 Å². The summed E-state index contributed by atoms with van der Waals surface area (Å²) in [7, 11) is 1.54. The molecule has 0 spiro atoms. The average molecular weight is 429 g/mol. The van der Waals surface area contributed by atoms with Crippen LogP contribution in [0.3, 0.4) is 0 Å². The Morgan fingerprint density at radius 3 is 2.38 bits per heavy atom. The zero-order valence-electron chi connectivity index (χ0n) is 17.6. The number of amides is 3. The van der Waals surface area contributed by atoms with E-state index in [1.807, 2.05) is 54.6 Å². The number of anilines is 1. The number of hydrogen-bond acceptors (Lipinski definition) is 4. The second-order valence-electron chi connectivity index (χ2n) is 7.37. The molecular formula is C25H23N3O4. The highest BCUT2D eigenvalue weighted by molar-refractivity contribution is 6.35. The van der Waals surface area contributed by atoms with Gasteiger partial charge in [0, 0.05) is 23.4 Å². The Bertz CT molecular complexity index is 1150. The van der Waals surface area contributed by atoms with Crippen molar-refractivity contribution < 1.29 is 19.1 Å². The van der Waals surface area contributed by atoms with Crippen LogP contribution in [0.1, 0.15) is 22.7 Å². The number of nitrogens with one attached hydrogen (secondary N) is 2. The summed E-state index contributed by atoms with van der Waals surface area (Å²) >= 11 is 0. The summed E-state index contributed by atoms with van der Waals surface area (Å²) in [6.45, 7) is 0.509. The summed E-state index contributed by atoms with van der Waals surface area (Å²) < 4.78 is 5.26. The molecule has 162 valence electrons. The van der Waals surface area contributed by atoms with E-state index in [4.69, 9.17) is 4.74 Å². The summed E-state index contributed by atoms with van der Waals surface area (Å²) in [5, 5.41) is 5.17. The Kier molecular flexibility index (Phi) is 6.17. The summed E-state index contributed by atoms with van der Waals surface area (Å²) in [6.07, 6.45) is 0. The molecule has 0 radical (unpaired) electrons. The number of carbonyl (C=O) groups is 3. The van der Waals surface area contributed by atoms with Crippen LogP contribution in [-0.4, -0.2) is 24.8 Å². The first-order valence-corrected chi connectivity index (χ1v) is 10.2. The molecule has 7 nitrogen and oxygen atoms in total. The molecular weight excluding hydrogens is 406 g/mol. The van der Waals surface area contributed by atoms with Crippen LogP contribution in [-0.2, 0) is 27.5 Å². The predicted octanol–water partition coefficient (Wildman–Crippen LogP) is 2.72. The van der Waals surface area contributed by atoms with Gasteiger partial charge in [0.15, 0.2) is 0 Å². The highest BCUT2D eigenvalue weighted by Gasteiger charge is 2.38. The lowest BCUT2D eigenvalue weighted by atomic mass is 10.1. The number of hydrogen-bond donors (Lipinski definition) is 2. The van der Waals surface area contributed by atoms with Crippen molar-refractivity contribution in [2.45, 2.75) is 19.1 Å². The third kappa shape index (κ3) is 4.32. The fourth-order valence-corrected chi connectivity index (χ4v) is 3.76. The van der Waals surface area contributed by atoms with Gasteiger partial charge in [0.2, 0.25) is 0 Å². The largest absolute Gasteiger partial charge is 0.496 e. The molecule has 0 fully saturated rings. The molecule has 1 aliphatic rings. The van der Waals surface area contributed by atoms with E-state index in [1.165, 1.54) is 7.11 Å². The molecule has 0 aliphatic carbocycles. The molecule has 1 atom stereocenters. The van der Waals surface area contributed by atoms with Crippen LogP contribution >= 0.6 is 0 Å². The SMILES string of the molecule is COc1ccccc1CNC(=O)C(=O)N[C@@H]1C(=O)N(Cc2ccccc2)c2ccccc21. The van der Waals surface area contributed by atoms with Gasteiger partial charge >= 0.3 is 11.8 Å². The zero-order chi connectivity index (χ0) is 22.5. The van der Waals surface area contributed by atoms with Gasteiger partial charge in [0.05, 0.1) is 13.7 Å². The molecule has 2 N–H and O–H groups in total. The molecule has 0 saturated heterocycles. The van der Waals surface area contributed by atoms with Crippen molar-refractivity contribution in [3.8, 4) is 5.75 Å². The maximum Gasteiger partial charge on any atom is 0.310 e. The topological polar surface area (TPSA) is 87.7 Å². The number of benzene rings is 3. The molecule has 4 rings (SSSR count). The fraction of sp³-hybridized carbons (Fsp3) is 0.160. The van der Waals surface area contributed by atoms with Crippen molar-refractivity contribution in [1.29, 1.82) is 0 Å². The normalized spacial score (nSPS) is 14.6. The molecule has 0 unspecified atom stereocenters. The van der Waals surface area contributed by atoms with Crippen LogP contribution in [0.2, 0.25) is 0 Å². The Hall–Kier alpha value is -4.13. The summed E-state index contributed by atoms with van der Waals surface area (Å²) in [5.41, 5.74) is 3.10. The summed E-state index contributed by atoms with van der Waals surface area (Å²) in [6, 6.07) is 23.2. The van der Waals surface area contributed by atoms with Gasteiger partial charge in [-0.2, -0.15) is 0 Å². The number of nitrogens with zero attached hydrogens (tertiary/aromatic N) is 1. The van der Waals surface area contributed by atoms with Crippen LogP contribution < -0.4 is 20.3 Å². The van der Waals surface area contributed by atoms with Gasteiger partial charge in [-0.15, -0.1) is 0 Å². The molecule has 0 aromatic heterocycles. The molecule has 7 heteroatoms. The van der Waals surface area contributed by atoms with E-state index in [0.717, 1.165) is 16.8 Å². The van der Waals surface area contributed by atoms with E-state index in [0.29, 0.717) is 17.9 Å². The minimum atomic E-state index is -0.917. The number of ether oxygens (including phenoxy) is 1. The molecule has 3 aromatic rings. The number of rotatable bonds is 6. The lowest BCUT2D eigenvalue weighted by Crippen LogP contribution is -2.44. The lowest BCUT2D eigenvalue weighted by Gasteiger charge is -2.18. The van der Waals surface area contributed by atoms with Crippen LogP contribution in [0.4, 0.5) is 5.69 Å². The van der Waals surface area contributed by atoms with Crippen LogP contribution in [0.15, 0.2) is 78.9 Å². The van der Waals surface area contributed by atoms with Crippen molar-refractivity contribution in [2.24, 2.45) is 0 Å². The van der Waals surface area contributed by atoms with Crippen molar-refractivity contribution in [2.75, 3.05) is 12.0 Å². The monoisotopic (exact) mass is 429 g/mol. The number of carbonyl (C=O) groups excluding carboxylic acids is 3. The van der Waals surface area contributed by atoms with E-state index >= 15 is 0 Å². The lowest BCUT2D eigenvalue weighted by molar-refractivity contribution is -0.140. The quantitative estimate of drug-likeness (QED) is 0.590. The second kappa shape index (κ2) is 9.34. The number of fused-ring (bicyclic) bond motifs is 1. The van der Waals surface area contributed by atoms with E-state index in [9.17, 15) is 14.4 Å². The Morgan fingerprint density at radius 1 is 0.906 bits per heavy atom. The van der Waals surface area contributed by atoms with E-state index in [-0.39, 0.29) is 12.5 Å². The molecule has 32 heavy (non-hydrogen) atoms. The second-order valence-corrected chi connectivity index (χ2v) is 7.37. The minimum absolute atomic E-state index is 0.131. The van der Waals surface area contributed by atoms with Gasteiger partial charge in [0.1, 0.15) is 11.8 Å². The van der Waals surface area contributed by atoms with Gasteiger partial charge in [-0.05, 0) is 17.7 Å². The molecule has 3 aromatic carbocycles.